The summed E-state index contributed by atoms with van der Waals surface area (Å²) in [6.07, 6.45) is 0. The largest absolute Gasteiger partial charge is 0.462 e. The van der Waals surface area contributed by atoms with Crippen molar-refractivity contribution in [2.75, 3.05) is 13.2 Å². The van der Waals surface area contributed by atoms with Gasteiger partial charge in [-0.05, 0) is 45.0 Å². The van der Waals surface area contributed by atoms with E-state index < -0.39 is 11.9 Å². The molecule has 3 rings (SSSR count). The fraction of sp³-hybridized carbons (Fsp3) is 0.238. The second-order valence-corrected chi connectivity index (χ2v) is 6.05. The molecule has 144 valence electrons. The number of aromatic nitrogens is 3. The van der Waals surface area contributed by atoms with E-state index >= 15 is 0 Å². The van der Waals surface area contributed by atoms with Crippen LogP contribution in [0.1, 0.15) is 40.3 Å². The molecule has 3 aromatic rings. The molecule has 0 saturated carbocycles. The first-order valence-corrected chi connectivity index (χ1v) is 9.02. The predicted octanol–water partition coefficient (Wildman–Crippen LogP) is 3.60. The van der Waals surface area contributed by atoms with Gasteiger partial charge in [-0.3, -0.25) is 0 Å². The van der Waals surface area contributed by atoms with Crippen LogP contribution in [0.25, 0.3) is 16.9 Å². The van der Waals surface area contributed by atoms with Crippen molar-refractivity contribution >= 4 is 11.9 Å². The van der Waals surface area contributed by atoms with E-state index in [0.29, 0.717) is 23.4 Å². The number of ether oxygens (including phenoxy) is 2. The van der Waals surface area contributed by atoms with Gasteiger partial charge in [-0.1, -0.05) is 35.0 Å². The van der Waals surface area contributed by atoms with Gasteiger partial charge >= 0.3 is 11.9 Å². The van der Waals surface area contributed by atoms with E-state index in [2.05, 4.69) is 10.3 Å². The van der Waals surface area contributed by atoms with Crippen LogP contribution in [0.5, 0.6) is 0 Å². The summed E-state index contributed by atoms with van der Waals surface area (Å²) in [4.78, 5) is 24.3. The molecule has 0 saturated heterocycles. The molecule has 1 heterocycles. The van der Waals surface area contributed by atoms with Gasteiger partial charge in [0.1, 0.15) is 5.69 Å². The van der Waals surface area contributed by atoms with Gasteiger partial charge in [0.15, 0.2) is 5.69 Å². The van der Waals surface area contributed by atoms with Gasteiger partial charge in [0, 0.05) is 5.56 Å². The van der Waals surface area contributed by atoms with Crippen molar-refractivity contribution in [3.8, 4) is 16.9 Å². The van der Waals surface area contributed by atoms with Gasteiger partial charge < -0.3 is 9.47 Å². The molecule has 7 heteroatoms. The summed E-state index contributed by atoms with van der Waals surface area (Å²) in [5.41, 5.74) is 3.59. The summed E-state index contributed by atoms with van der Waals surface area (Å²) in [6.45, 7) is 6.01. The van der Waals surface area contributed by atoms with E-state index in [9.17, 15) is 9.59 Å². The summed E-state index contributed by atoms with van der Waals surface area (Å²) in [5.74, 6) is -0.949. The highest BCUT2D eigenvalue weighted by Crippen LogP contribution is 2.26. The highest BCUT2D eigenvalue weighted by atomic mass is 16.5. The Balaban J connectivity index is 2.08. The third kappa shape index (κ3) is 3.93. The van der Waals surface area contributed by atoms with Gasteiger partial charge in [0.25, 0.3) is 0 Å². The minimum atomic E-state index is -0.551. The summed E-state index contributed by atoms with van der Waals surface area (Å²) in [6, 6.07) is 14.5. The molecule has 0 aliphatic heterocycles. The number of carbonyl (C=O) groups is 2. The lowest BCUT2D eigenvalue weighted by Crippen LogP contribution is -2.08. The number of benzene rings is 2. The fourth-order valence-electron chi connectivity index (χ4n) is 2.72. The molecule has 7 nitrogen and oxygen atoms in total. The monoisotopic (exact) mass is 379 g/mol. The van der Waals surface area contributed by atoms with E-state index in [4.69, 9.17) is 9.47 Å². The smallest absolute Gasteiger partial charge is 0.361 e. The number of esters is 2. The molecule has 1 aromatic heterocycles. The maximum atomic E-state index is 12.4. The first-order chi connectivity index (χ1) is 13.5. The quantitative estimate of drug-likeness (QED) is 0.609. The van der Waals surface area contributed by atoms with Gasteiger partial charge in [0.2, 0.25) is 0 Å². The van der Waals surface area contributed by atoms with Crippen molar-refractivity contribution in [3.05, 3.63) is 65.4 Å². The number of carbonyl (C=O) groups excluding carboxylic acids is 2. The highest BCUT2D eigenvalue weighted by Gasteiger charge is 2.23. The Morgan fingerprint density at radius 3 is 2.11 bits per heavy atom. The van der Waals surface area contributed by atoms with E-state index in [-0.39, 0.29) is 12.3 Å². The number of nitrogens with zero attached hydrogens (tertiary/aromatic N) is 3. The van der Waals surface area contributed by atoms with Crippen LogP contribution in [0.4, 0.5) is 0 Å². The van der Waals surface area contributed by atoms with Crippen molar-refractivity contribution in [1.29, 1.82) is 0 Å². The first kappa shape index (κ1) is 19.3. The Kier molecular flexibility index (Phi) is 5.84. The van der Waals surface area contributed by atoms with Crippen LogP contribution in [-0.2, 0) is 9.47 Å². The van der Waals surface area contributed by atoms with Crippen LogP contribution in [-0.4, -0.2) is 40.1 Å². The fourth-order valence-corrected chi connectivity index (χ4v) is 2.72. The molecule has 0 amide bonds. The average Bonchev–Trinajstić information content (AvgIpc) is 3.14. The Morgan fingerprint density at radius 1 is 0.893 bits per heavy atom. The summed E-state index contributed by atoms with van der Waals surface area (Å²) >= 11 is 0. The standard InChI is InChI=1S/C21H21N3O4/c1-4-27-20(25)16-10-8-15(9-11-16)19-18(21(26)28-5-2)22-23-24(19)17-12-6-14(3)7-13-17/h6-13H,4-5H2,1-3H3. The number of hydrogen-bond acceptors (Lipinski definition) is 6. The van der Waals surface area contributed by atoms with Gasteiger partial charge in [-0.2, -0.15) is 0 Å². The van der Waals surface area contributed by atoms with Crippen molar-refractivity contribution in [2.45, 2.75) is 20.8 Å². The van der Waals surface area contributed by atoms with E-state index in [1.165, 1.54) is 0 Å². The Hall–Kier alpha value is -3.48. The highest BCUT2D eigenvalue weighted by molar-refractivity contribution is 5.95. The minimum Gasteiger partial charge on any atom is -0.462 e. The molecule has 0 atom stereocenters. The summed E-state index contributed by atoms with van der Waals surface area (Å²) < 4.78 is 11.7. The van der Waals surface area contributed by atoms with Crippen LogP contribution >= 0.6 is 0 Å². The molecule has 0 radical (unpaired) electrons. The Labute approximate surface area is 162 Å². The molecular formula is C21H21N3O4. The normalized spacial score (nSPS) is 10.5. The minimum absolute atomic E-state index is 0.117. The topological polar surface area (TPSA) is 83.3 Å². The molecule has 0 aliphatic rings. The predicted molar refractivity (Wildman–Crippen MR) is 103 cm³/mol. The number of rotatable bonds is 6. The molecule has 0 unspecified atom stereocenters. The SMILES string of the molecule is CCOC(=O)c1ccc(-c2c(C(=O)OCC)nnn2-c2ccc(C)cc2)cc1. The van der Waals surface area contributed by atoms with E-state index in [0.717, 1.165) is 11.3 Å². The molecule has 0 fully saturated rings. The molecule has 0 bridgehead atoms. The second-order valence-electron chi connectivity index (χ2n) is 6.05. The van der Waals surface area contributed by atoms with Crippen molar-refractivity contribution in [2.24, 2.45) is 0 Å². The Bertz CT molecular complexity index is 976. The maximum Gasteiger partial charge on any atom is 0.361 e. The third-order valence-corrected chi connectivity index (χ3v) is 4.09. The second kappa shape index (κ2) is 8.47. The summed E-state index contributed by atoms with van der Waals surface area (Å²) in [5, 5.41) is 8.20. The van der Waals surface area contributed by atoms with E-state index in [1.807, 2.05) is 31.2 Å². The first-order valence-electron chi connectivity index (χ1n) is 9.02. The zero-order chi connectivity index (χ0) is 20.1. The molecule has 0 aliphatic carbocycles. The molecule has 2 aromatic carbocycles. The van der Waals surface area contributed by atoms with Gasteiger partial charge in [-0.25, -0.2) is 14.3 Å². The van der Waals surface area contributed by atoms with Crippen molar-refractivity contribution in [3.63, 3.8) is 0 Å². The molecular weight excluding hydrogens is 358 g/mol. The van der Waals surface area contributed by atoms with Gasteiger partial charge in [-0.15, -0.1) is 5.10 Å². The van der Waals surface area contributed by atoms with E-state index in [1.54, 1.807) is 42.8 Å². The lowest BCUT2D eigenvalue weighted by Gasteiger charge is -2.09. The van der Waals surface area contributed by atoms with Crippen LogP contribution in [0.2, 0.25) is 0 Å². The van der Waals surface area contributed by atoms with Gasteiger partial charge in [0.05, 0.1) is 24.5 Å². The molecule has 28 heavy (non-hydrogen) atoms. The van der Waals surface area contributed by atoms with Crippen LogP contribution in [0.3, 0.4) is 0 Å². The Morgan fingerprint density at radius 2 is 1.50 bits per heavy atom. The summed E-state index contributed by atoms with van der Waals surface area (Å²) in [7, 11) is 0. The van der Waals surface area contributed by atoms with Crippen LogP contribution in [0, 0.1) is 6.92 Å². The molecule has 0 spiro atoms. The molecule has 0 N–H and O–H groups in total. The zero-order valence-corrected chi connectivity index (χ0v) is 16.0. The van der Waals surface area contributed by atoms with Crippen LogP contribution in [0.15, 0.2) is 48.5 Å². The van der Waals surface area contributed by atoms with Crippen molar-refractivity contribution in [1.82, 2.24) is 15.0 Å². The van der Waals surface area contributed by atoms with Crippen molar-refractivity contribution < 1.29 is 19.1 Å². The maximum absolute atomic E-state index is 12.4. The number of aryl methyl sites for hydroxylation is 1. The lowest BCUT2D eigenvalue weighted by atomic mass is 10.1. The average molecular weight is 379 g/mol. The third-order valence-electron chi connectivity index (χ3n) is 4.09. The zero-order valence-electron chi connectivity index (χ0n) is 16.0. The van der Waals surface area contributed by atoms with Crippen LogP contribution < -0.4 is 0 Å². The lowest BCUT2D eigenvalue weighted by molar-refractivity contribution is 0.0513. The number of hydrogen-bond donors (Lipinski definition) is 0.